The van der Waals surface area contributed by atoms with Crippen molar-refractivity contribution in [3.05, 3.63) is 117 Å². The van der Waals surface area contributed by atoms with Crippen LogP contribution in [0.3, 0.4) is 0 Å². The summed E-state index contributed by atoms with van der Waals surface area (Å²) in [5.74, 6) is -0.847. The van der Waals surface area contributed by atoms with E-state index in [9.17, 15) is 9.59 Å². The number of benzene rings is 2. The van der Waals surface area contributed by atoms with E-state index in [-0.39, 0.29) is 18.1 Å². The molecule has 0 aliphatic rings. The number of rotatable bonds is 6. The van der Waals surface area contributed by atoms with Gasteiger partial charge in [0.25, 0.3) is 5.56 Å². The maximum atomic E-state index is 13.0. The highest BCUT2D eigenvalue weighted by molar-refractivity contribution is 6.30. The molecule has 150 valence electrons. The highest BCUT2D eigenvalue weighted by atomic mass is 35.5. The molecule has 0 saturated heterocycles. The third-order valence-corrected chi connectivity index (χ3v) is 5.08. The second-order valence-corrected chi connectivity index (χ2v) is 7.35. The van der Waals surface area contributed by atoms with Crippen molar-refractivity contribution in [1.82, 2.24) is 9.38 Å². The zero-order chi connectivity index (χ0) is 20.9. The first-order valence-corrected chi connectivity index (χ1v) is 9.91. The largest absolute Gasteiger partial charge is 0.459 e. The molecule has 0 fully saturated rings. The van der Waals surface area contributed by atoms with Gasteiger partial charge in [0.2, 0.25) is 0 Å². The number of carbonyl (C=O) groups excluding carboxylic acids is 1. The van der Waals surface area contributed by atoms with Gasteiger partial charge >= 0.3 is 5.97 Å². The van der Waals surface area contributed by atoms with Gasteiger partial charge in [0.05, 0.1) is 11.6 Å². The number of esters is 1. The molecule has 1 unspecified atom stereocenters. The number of nitrogens with zero attached hydrogens (tertiary/aromatic N) is 2. The van der Waals surface area contributed by atoms with Gasteiger partial charge in [-0.3, -0.25) is 14.0 Å². The maximum absolute atomic E-state index is 13.0. The van der Waals surface area contributed by atoms with Crippen molar-refractivity contribution in [2.75, 3.05) is 0 Å². The van der Waals surface area contributed by atoms with Gasteiger partial charge in [0.15, 0.2) is 0 Å². The Morgan fingerprint density at radius 1 is 1.00 bits per heavy atom. The first-order chi connectivity index (χ1) is 14.6. The number of aromatic nitrogens is 2. The predicted molar refractivity (Wildman–Crippen MR) is 116 cm³/mol. The van der Waals surface area contributed by atoms with Gasteiger partial charge in [0.1, 0.15) is 12.3 Å². The van der Waals surface area contributed by atoms with Crippen molar-refractivity contribution in [2.24, 2.45) is 0 Å². The number of fused-ring (bicyclic) bond motifs is 1. The summed E-state index contributed by atoms with van der Waals surface area (Å²) >= 11 is 5.97. The summed E-state index contributed by atoms with van der Waals surface area (Å²) in [4.78, 5) is 29.6. The Kier molecular flexibility index (Phi) is 5.91. The lowest BCUT2D eigenvalue weighted by atomic mass is 9.92. The molecule has 4 aromatic rings. The Morgan fingerprint density at radius 2 is 1.73 bits per heavy atom. The van der Waals surface area contributed by atoms with Gasteiger partial charge in [-0.25, -0.2) is 4.98 Å². The highest BCUT2D eigenvalue weighted by Gasteiger charge is 2.23. The molecular weight excluding hydrogens is 400 g/mol. The van der Waals surface area contributed by atoms with E-state index in [2.05, 4.69) is 4.98 Å². The first-order valence-electron chi connectivity index (χ1n) is 9.53. The molecule has 30 heavy (non-hydrogen) atoms. The van der Waals surface area contributed by atoms with E-state index in [1.165, 1.54) is 10.5 Å². The molecule has 0 spiro atoms. The number of carbonyl (C=O) groups is 1. The van der Waals surface area contributed by atoms with E-state index in [1.54, 1.807) is 36.5 Å². The minimum atomic E-state index is -0.478. The van der Waals surface area contributed by atoms with Crippen LogP contribution in [0.1, 0.15) is 22.7 Å². The van der Waals surface area contributed by atoms with Crippen LogP contribution in [0.4, 0.5) is 0 Å². The van der Waals surface area contributed by atoms with Crippen molar-refractivity contribution in [1.29, 1.82) is 0 Å². The van der Waals surface area contributed by atoms with E-state index in [0.29, 0.717) is 22.8 Å². The average Bonchev–Trinajstić information content (AvgIpc) is 2.78. The summed E-state index contributed by atoms with van der Waals surface area (Å²) in [7, 11) is 0. The van der Waals surface area contributed by atoms with Gasteiger partial charge in [-0.1, -0.05) is 60.1 Å². The van der Waals surface area contributed by atoms with Crippen molar-refractivity contribution in [3.63, 3.8) is 0 Å². The molecule has 2 aromatic carbocycles. The average molecular weight is 419 g/mol. The Labute approximate surface area is 178 Å². The van der Waals surface area contributed by atoms with E-state index in [1.807, 2.05) is 42.5 Å². The lowest BCUT2D eigenvalue weighted by Gasteiger charge is -2.17. The fraction of sp³-hybridized carbons (Fsp3) is 0.125. The summed E-state index contributed by atoms with van der Waals surface area (Å²) in [5.41, 5.74) is 2.55. The number of ether oxygens (including phenoxy) is 1. The fourth-order valence-electron chi connectivity index (χ4n) is 3.30. The number of halogens is 1. The molecule has 5 nitrogen and oxygen atoms in total. The van der Waals surface area contributed by atoms with Gasteiger partial charge in [0, 0.05) is 17.3 Å². The number of hydrogen-bond donors (Lipinski definition) is 0. The molecule has 2 aromatic heterocycles. The van der Waals surface area contributed by atoms with Crippen molar-refractivity contribution in [2.45, 2.75) is 18.9 Å². The monoisotopic (exact) mass is 418 g/mol. The molecule has 0 aliphatic carbocycles. The zero-order valence-electron chi connectivity index (χ0n) is 16.1. The van der Waals surface area contributed by atoms with Gasteiger partial charge in [-0.15, -0.1) is 0 Å². The molecule has 2 heterocycles. The second kappa shape index (κ2) is 8.93. The zero-order valence-corrected chi connectivity index (χ0v) is 16.8. The Balaban J connectivity index is 1.54. The van der Waals surface area contributed by atoms with Gasteiger partial charge < -0.3 is 4.74 Å². The lowest BCUT2D eigenvalue weighted by Crippen LogP contribution is -2.20. The minimum Gasteiger partial charge on any atom is -0.459 e. The number of pyridine rings is 1. The van der Waals surface area contributed by atoms with Crippen LogP contribution in [0.2, 0.25) is 5.02 Å². The molecule has 1 atom stereocenters. The van der Waals surface area contributed by atoms with Crippen LogP contribution >= 0.6 is 11.6 Å². The van der Waals surface area contributed by atoms with Crippen LogP contribution in [0.5, 0.6) is 0 Å². The molecule has 0 N–H and O–H groups in total. The van der Waals surface area contributed by atoms with Crippen LogP contribution in [0.15, 0.2) is 89.9 Å². The van der Waals surface area contributed by atoms with Crippen LogP contribution in [-0.2, 0) is 22.6 Å². The van der Waals surface area contributed by atoms with E-state index in [0.717, 1.165) is 11.1 Å². The molecule has 4 rings (SSSR count). The summed E-state index contributed by atoms with van der Waals surface area (Å²) in [6.45, 7) is -0.0661. The standard InChI is InChI=1S/C24H19ClN2O3/c25-19-11-9-17(10-12-19)14-21(18-6-2-1-3-7-18)24(29)30-16-20-15-23(28)27-13-5-4-8-22(27)26-20/h1-13,15,21H,14,16H2. The number of hydrogen-bond acceptors (Lipinski definition) is 4. The first kappa shape index (κ1) is 19.9. The molecule has 6 heteroatoms. The molecule has 0 amide bonds. The van der Waals surface area contributed by atoms with Gasteiger partial charge in [-0.05, 0) is 41.8 Å². The normalized spacial score (nSPS) is 11.9. The summed E-state index contributed by atoms with van der Waals surface area (Å²) in [6, 6.07) is 23.6. The van der Waals surface area contributed by atoms with Gasteiger partial charge in [-0.2, -0.15) is 0 Å². The van der Waals surface area contributed by atoms with E-state index in [4.69, 9.17) is 16.3 Å². The topological polar surface area (TPSA) is 60.7 Å². The van der Waals surface area contributed by atoms with Crippen LogP contribution in [-0.4, -0.2) is 15.4 Å². The fourth-order valence-corrected chi connectivity index (χ4v) is 3.43. The molecular formula is C24H19ClN2O3. The summed E-state index contributed by atoms with van der Waals surface area (Å²) < 4.78 is 7.01. The minimum absolute atomic E-state index is 0.0661. The third kappa shape index (κ3) is 4.58. The van der Waals surface area contributed by atoms with E-state index < -0.39 is 5.92 Å². The molecule has 0 radical (unpaired) electrons. The van der Waals surface area contributed by atoms with E-state index >= 15 is 0 Å². The Hall–Kier alpha value is -3.44. The van der Waals surface area contributed by atoms with Crippen LogP contribution < -0.4 is 5.56 Å². The second-order valence-electron chi connectivity index (χ2n) is 6.92. The van der Waals surface area contributed by atoms with Crippen LogP contribution in [0, 0.1) is 0 Å². The SMILES string of the molecule is O=C(OCc1cc(=O)n2ccccc2n1)C(Cc1ccc(Cl)cc1)c1ccccc1. The summed E-state index contributed by atoms with van der Waals surface area (Å²) in [5, 5.41) is 0.645. The van der Waals surface area contributed by atoms with Crippen LogP contribution in [0.25, 0.3) is 5.65 Å². The maximum Gasteiger partial charge on any atom is 0.314 e. The van der Waals surface area contributed by atoms with Crippen molar-refractivity contribution < 1.29 is 9.53 Å². The smallest absolute Gasteiger partial charge is 0.314 e. The quantitative estimate of drug-likeness (QED) is 0.435. The van der Waals surface area contributed by atoms with Crippen molar-refractivity contribution >= 4 is 23.2 Å². The Morgan fingerprint density at radius 3 is 2.50 bits per heavy atom. The third-order valence-electron chi connectivity index (χ3n) is 4.83. The predicted octanol–water partition coefficient (Wildman–Crippen LogP) is 4.42. The molecule has 0 bridgehead atoms. The summed E-state index contributed by atoms with van der Waals surface area (Å²) in [6.07, 6.45) is 2.13. The lowest BCUT2D eigenvalue weighted by molar-refractivity contribution is -0.147. The Bertz CT molecular complexity index is 1220. The highest BCUT2D eigenvalue weighted by Crippen LogP contribution is 2.24. The molecule has 0 saturated carbocycles. The molecule has 0 aliphatic heterocycles. The van der Waals surface area contributed by atoms with Crippen molar-refractivity contribution in [3.8, 4) is 0 Å².